The molecule has 0 bridgehead atoms. The van der Waals surface area contributed by atoms with Crippen molar-refractivity contribution in [3.8, 4) is 0 Å². The molecule has 114 valence electrons. The molecule has 1 aliphatic heterocycles. The Labute approximate surface area is 122 Å². The van der Waals surface area contributed by atoms with Gasteiger partial charge in [0.1, 0.15) is 6.04 Å². The van der Waals surface area contributed by atoms with Crippen LogP contribution in [-0.4, -0.2) is 61.8 Å². The molecular formula is C14H18N2O5. The molecule has 0 saturated carbocycles. The van der Waals surface area contributed by atoms with Gasteiger partial charge in [0.25, 0.3) is 0 Å². The summed E-state index contributed by atoms with van der Waals surface area (Å²) >= 11 is 0. The number of nitrogens with zero attached hydrogens (tertiary/aromatic N) is 2. The van der Waals surface area contributed by atoms with Crippen molar-refractivity contribution >= 4 is 11.9 Å². The first-order valence-corrected chi connectivity index (χ1v) is 6.58. The normalized spacial score (nSPS) is 19.0. The minimum Gasteiger partial charge on any atom is -0.468 e. The highest BCUT2D eigenvalue weighted by atomic mass is 16.5. The lowest BCUT2D eigenvalue weighted by Crippen LogP contribution is -2.49. The van der Waals surface area contributed by atoms with E-state index in [-0.39, 0.29) is 5.97 Å². The lowest BCUT2D eigenvalue weighted by molar-refractivity contribution is -0.153. The standard InChI is InChI=1S/C14H18N2O5/c1-19-13(17)10-3-4-11(15-7-10)8-16-5-6-21-9-12(16)14(18)20-2/h3-4,7,12H,5-6,8-9H2,1-2H3. The molecule has 1 fully saturated rings. The van der Waals surface area contributed by atoms with E-state index in [1.807, 2.05) is 4.90 Å². The minimum atomic E-state index is -0.425. The van der Waals surface area contributed by atoms with E-state index < -0.39 is 12.0 Å². The summed E-state index contributed by atoms with van der Waals surface area (Å²) in [6.45, 7) is 1.99. The molecule has 1 atom stereocenters. The van der Waals surface area contributed by atoms with Gasteiger partial charge < -0.3 is 14.2 Å². The van der Waals surface area contributed by atoms with Crippen LogP contribution in [0.5, 0.6) is 0 Å². The Morgan fingerprint density at radius 3 is 2.81 bits per heavy atom. The number of rotatable bonds is 4. The smallest absolute Gasteiger partial charge is 0.339 e. The molecule has 1 aromatic rings. The molecule has 2 rings (SSSR count). The van der Waals surface area contributed by atoms with Crippen molar-refractivity contribution in [2.75, 3.05) is 34.0 Å². The summed E-state index contributed by atoms with van der Waals surface area (Å²) in [6, 6.07) is 2.98. The van der Waals surface area contributed by atoms with Crippen molar-refractivity contribution < 1.29 is 23.8 Å². The molecule has 1 saturated heterocycles. The molecule has 0 aromatic carbocycles. The zero-order chi connectivity index (χ0) is 15.2. The highest BCUT2D eigenvalue weighted by Gasteiger charge is 2.30. The van der Waals surface area contributed by atoms with Crippen LogP contribution in [0.15, 0.2) is 18.3 Å². The number of carbonyl (C=O) groups excluding carboxylic acids is 2. The molecule has 2 heterocycles. The maximum absolute atomic E-state index is 11.7. The lowest BCUT2D eigenvalue weighted by Gasteiger charge is -2.33. The Morgan fingerprint density at radius 2 is 2.19 bits per heavy atom. The van der Waals surface area contributed by atoms with Crippen molar-refractivity contribution in [2.45, 2.75) is 12.6 Å². The second-order valence-electron chi connectivity index (χ2n) is 4.61. The molecule has 1 aliphatic rings. The monoisotopic (exact) mass is 294 g/mol. The summed E-state index contributed by atoms with van der Waals surface area (Å²) in [5.41, 5.74) is 1.16. The number of hydrogen-bond acceptors (Lipinski definition) is 7. The molecule has 1 unspecified atom stereocenters. The van der Waals surface area contributed by atoms with Crippen molar-refractivity contribution in [2.24, 2.45) is 0 Å². The summed E-state index contributed by atoms with van der Waals surface area (Å²) in [5, 5.41) is 0. The van der Waals surface area contributed by atoms with Gasteiger partial charge in [0.05, 0.1) is 38.7 Å². The Morgan fingerprint density at radius 1 is 1.38 bits per heavy atom. The maximum Gasteiger partial charge on any atom is 0.339 e. The van der Waals surface area contributed by atoms with Gasteiger partial charge in [0, 0.05) is 19.3 Å². The van der Waals surface area contributed by atoms with E-state index in [1.54, 1.807) is 12.1 Å². The highest BCUT2D eigenvalue weighted by Crippen LogP contribution is 2.13. The van der Waals surface area contributed by atoms with E-state index >= 15 is 0 Å². The molecule has 1 aromatic heterocycles. The van der Waals surface area contributed by atoms with E-state index in [1.165, 1.54) is 20.4 Å². The van der Waals surface area contributed by atoms with Crippen LogP contribution in [0, 0.1) is 0 Å². The molecule has 0 N–H and O–H groups in total. The van der Waals surface area contributed by atoms with Gasteiger partial charge in [-0.15, -0.1) is 0 Å². The van der Waals surface area contributed by atoms with E-state index in [0.29, 0.717) is 31.9 Å². The van der Waals surface area contributed by atoms with Gasteiger partial charge in [-0.1, -0.05) is 0 Å². The van der Waals surface area contributed by atoms with Crippen LogP contribution in [0.3, 0.4) is 0 Å². The molecule has 21 heavy (non-hydrogen) atoms. The number of ether oxygens (including phenoxy) is 3. The quantitative estimate of drug-likeness (QED) is 0.736. The van der Waals surface area contributed by atoms with E-state index in [2.05, 4.69) is 9.72 Å². The molecular weight excluding hydrogens is 276 g/mol. The fourth-order valence-corrected chi connectivity index (χ4v) is 2.15. The summed E-state index contributed by atoms with van der Waals surface area (Å²) in [6.07, 6.45) is 1.47. The molecule has 7 nitrogen and oxygen atoms in total. The van der Waals surface area contributed by atoms with E-state index in [4.69, 9.17) is 9.47 Å². The van der Waals surface area contributed by atoms with Crippen LogP contribution in [-0.2, 0) is 25.5 Å². The van der Waals surface area contributed by atoms with Crippen LogP contribution in [0.2, 0.25) is 0 Å². The third kappa shape index (κ3) is 3.77. The van der Waals surface area contributed by atoms with Crippen molar-refractivity contribution in [3.63, 3.8) is 0 Å². The number of morpholine rings is 1. The van der Waals surface area contributed by atoms with E-state index in [9.17, 15) is 9.59 Å². The van der Waals surface area contributed by atoms with Crippen molar-refractivity contribution in [1.29, 1.82) is 0 Å². The third-order valence-corrected chi connectivity index (χ3v) is 3.32. The first-order chi connectivity index (χ1) is 10.2. The van der Waals surface area contributed by atoms with Gasteiger partial charge in [0.15, 0.2) is 0 Å². The number of aromatic nitrogens is 1. The van der Waals surface area contributed by atoms with E-state index in [0.717, 1.165) is 5.69 Å². The van der Waals surface area contributed by atoms with Crippen LogP contribution < -0.4 is 0 Å². The largest absolute Gasteiger partial charge is 0.468 e. The number of methoxy groups -OCH3 is 2. The molecule has 0 aliphatic carbocycles. The van der Waals surface area contributed by atoms with Crippen molar-refractivity contribution in [1.82, 2.24) is 9.88 Å². The SMILES string of the molecule is COC(=O)c1ccc(CN2CCOCC2C(=O)OC)nc1. The highest BCUT2D eigenvalue weighted by molar-refractivity contribution is 5.88. The van der Waals surface area contributed by atoms with Crippen LogP contribution >= 0.6 is 0 Å². The fourth-order valence-electron chi connectivity index (χ4n) is 2.15. The second-order valence-corrected chi connectivity index (χ2v) is 4.61. The Balaban J connectivity index is 2.05. The lowest BCUT2D eigenvalue weighted by atomic mass is 10.2. The summed E-state index contributed by atoms with van der Waals surface area (Å²) in [4.78, 5) is 29.2. The zero-order valence-electron chi connectivity index (χ0n) is 12.1. The van der Waals surface area contributed by atoms with Gasteiger partial charge in [-0.3, -0.25) is 14.7 Å². The number of pyridine rings is 1. The first-order valence-electron chi connectivity index (χ1n) is 6.58. The van der Waals surface area contributed by atoms with Crippen LogP contribution in [0.4, 0.5) is 0 Å². The first kappa shape index (κ1) is 15.4. The Hall–Kier alpha value is -1.99. The van der Waals surface area contributed by atoms with Gasteiger partial charge in [-0.05, 0) is 12.1 Å². The maximum atomic E-state index is 11.7. The summed E-state index contributed by atoms with van der Waals surface area (Å²) in [7, 11) is 2.68. The predicted molar refractivity (Wildman–Crippen MR) is 72.6 cm³/mol. The van der Waals surface area contributed by atoms with Gasteiger partial charge >= 0.3 is 11.9 Å². The fraction of sp³-hybridized carbons (Fsp3) is 0.500. The van der Waals surface area contributed by atoms with Crippen molar-refractivity contribution in [3.05, 3.63) is 29.6 Å². The van der Waals surface area contributed by atoms with Gasteiger partial charge in [0.2, 0.25) is 0 Å². The minimum absolute atomic E-state index is 0.312. The average Bonchev–Trinajstić information content (AvgIpc) is 2.54. The third-order valence-electron chi connectivity index (χ3n) is 3.32. The number of hydrogen-bond donors (Lipinski definition) is 0. The second kappa shape index (κ2) is 7.14. The number of carbonyl (C=O) groups is 2. The van der Waals surface area contributed by atoms with Crippen LogP contribution in [0.25, 0.3) is 0 Å². The Bertz CT molecular complexity index is 503. The molecule has 0 amide bonds. The summed E-state index contributed by atoms with van der Waals surface area (Å²) < 4.78 is 14.7. The molecule has 7 heteroatoms. The average molecular weight is 294 g/mol. The number of esters is 2. The summed E-state index contributed by atoms with van der Waals surface area (Å²) in [5.74, 6) is -0.742. The van der Waals surface area contributed by atoms with Crippen LogP contribution in [0.1, 0.15) is 16.1 Å². The van der Waals surface area contributed by atoms with Gasteiger partial charge in [-0.25, -0.2) is 4.79 Å². The topological polar surface area (TPSA) is 78.0 Å². The zero-order valence-corrected chi connectivity index (χ0v) is 12.1. The molecule has 0 spiro atoms. The van der Waals surface area contributed by atoms with Gasteiger partial charge in [-0.2, -0.15) is 0 Å². The molecule has 0 radical (unpaired) electrons. The Kier molecular flexibility index (Phi) is 5.24. The predicted octanol–water partition coefficient (Wildman–Crippen LogP) is 0.242.